The number of anilines is 1. The van der Waals surface area contributed by atoms with Crippen LogP contribution in [0.25, 0.3) is 5.82 Å². The smallest absolute Gasteiger partial charge is 0.137 e. The van der Waals surface area contributed by atoms with E-state index in [4.69, 9.17) is 0 Å². The molecule has 1 fully saturated rings. The van der Waals surface area contributed by atoms with Crippen molar-refractivity contribution in [1.82, 2.24) is 19.9 Å². The molecule has 3 rings (SSSR count). The van der Waals surface area contributed by atoms with E-state index in [1.54, 1.807) is 12.5 Å². The van der Waals surface area contributed by atoms with Crippen molar-refractivity contribution < 1.29 is 0 Å². The summed E-state index contributed by atoms with van der Waals surface area (Å²) in [6.07, 6.45) is 9.87. The van der Waals surface area contributed by atoms with Crippen LogP contribution in [-0.4, -0.2) is 34.2 Å². The van der Waals surface area contributed by atoms with Crippen molar-refractivity contribution in [2.75, 3.05) is 25.0 Å². The second-order valence-corrected chi connectivity index (χ2v) is 4.97. The van der Waals surface area contributed by atoms with Gasteiger partial charge in [0.2, 0.25) is 0 Å². The molecule has 1 unspecified atom stereocenters. The Hall–Kier alpha value is -1.88. The number of imidazole rings is 1. The largest absolute Gasteiger partial charge is 0.383 e. The summed E-state index contributed by atoms with van der Waals surface area (Å²) in [6, 6.07) is 4.07. The van der Waals surface area contributed by atoms with Gasteiger partial charge in [-0.3, -0.25) is 4.57 Å². The second-order valence-electron chi connectivity index (χ2n) is 4.97. The molecular formula is C14H19N5. The summed E-state index contributed by atoms with van der Waals surface area (Å²) < 4.78 is 1.90. The van der Waals surface area contributed by atoms with Crippen LogP contribution < -0.4 is 10.6 Å². The van der Waals surface area contributed by atoms with E-state index in [-0.39, 0.29) is 0 Å². The van der Waals surface area contributed by atoms with Crippen molar-refractivity contribution >= 4 is 5.69 Å². The summed E-state index contributed by atoms with van der Waals surface area (Å²) in [5.41, 5.74) is 1.08. The van der Waals surface area contributed by atoms with E-state index in [9.17, 15) is 0 Å². The van der Waals surface area contributed by atoms with Crippen molar-refractivity contribution in [2.24, 2.45) is 5.92 Å². The third kappa shape index (κ3) is 3.12. The highest BCUT2D eigenvalue weighted by molar-refractivity contribution is 5.43. The van der Waals surface area contributed by atoms with Crippen molar-refractivity contribution in [1.29, 1.82) is 0 Å². The van der Waals surface area contributed by atoms with E-state index in [1.165, 1.54) is 12.8 Å². The molecule has 0 spiro atoms. The van der Waals surface area contributed by atoms with Gasteiger partial charge in [0.15, 0.2) is 0 Å². The maximum atomic E-state index is 4.43. The number of nitrogens with one attached hydrogen (secondary N) is 2. The molecule has 1 atom stereocenters. The Morgan fingerprint density at radius 3 is 3.11 bits per heavy atom. The molecule has 2 N–H and O–H groups in total. The van der Waals surface area contributed by atoms with Crippen LogP contribution in [0.5, 0.6) is 0 Å². The van der Waals surface area contributed by atoms with Crippen LogP contribution >= 0.6 is 0 Å². The Morgan fingerprint density at radius 1 is 1.42 bits per heavy atom. The zero-order valence-electron chi connectivity index (χ0n) is 10.9. The summed E-state index contributed by atoms with van der Waals surface area (Å²) in [4.78, 5) is 8.45. The van der Waals surface area contributed by atoms with E-state index in [2.05, 4.69) is 26.7 Å². The average Bonchev–Trinajstić information content (AvgIpc) is 3.01. The van der Waals surface area contributed by atoms with Crippen LogP contribution in [0, 0.1) is 5.92 Å². The maximum Gasteiger partial charge on any atom is 0.137 e. The fourth-order valence-electron chi connectivity index (χ4n) is 2.40. The van der Waals surface area contributed by atoms with Crippen LogP contribution in [0.3, 0.4) is 0 Å². The van der Waals surface area contributed by atoms with Crippen LogP contribution in [0.4, 0.5) is 5.69 Å². The van der Waals surface area contributed by atoms with Crippen molar-refractivity contribution in [3.63, 3.8) is 0 Å². The zero-order chi connectivity index (χ0) is 12.9. The van der Waals surface area contributed by atoms with E-state index >= 15 is 0 Å². The van der Waals surface area contributed by atoms with Gasteiger partial charge in [-0.1, -0.05) is 0 Å². The lowest BCUT2D eigenvalue weighted by Gasteiger charge is -2.23. The first-order valence-electron chi connectivity index (χ1n) is 6.81. The van der Waals surface area contributed by atoms with Crippen LogP contribution in [0.1, 0.15) is 12.8 Å². The fraction of sp³-hybridized carbons (Fsp3) is 0.429. The van der Waals surface area contributed by atoms with Gasteiger partial charge in [-0.05, 0) is 44.0 Å². The van der Waals surface area contributed by atoms with Crippen molar-refractivity contribution in [3.05, 3.63) is 37.1 Å². The normalized spacial score (nSPS) is 19.3. The highest BCUT2D eigenvalue weighted by Crippen LogP contribution is 2.13. The molecule has 5 nitrogen and oxygen atoms in total. The molecule has 19 heavy (non-hydrogen) atoms. The summed E-state index contributed by atoms with van der Waals surface area (Å²) in [5.74, 6) is 1.62. The lowest BCUT2D eigenvalue weighted by molar-refractivity contribution is 0.393. The SMILES string of the molecule is c1cn(-c2ccc(NCC3CCCNC3)cn2)cn1. The molecule has 1 aliphatic heterocycles. The molecule has 1 saturated heterocycles. The monoisotopic (exact) mass is 257 g/mol. The molecule has 0 radical (unpaired) electrons. The molecule has 2 aromatic rings. The minimum absolute atomic E-state index is 0.724. The van der Waals surface area contributed by atoms with Crippen LogP contribution in [0.15, 0.2) is 37.1 Å². The lowest BCUT2D eigenvalue weighted by Crippen LogP contribution is -2.33. The topological polar surface area (TPSA) is 54.8 Å². The summed E-state index contributed by atoms with van der Waals surface area (Å²) >= 11 is 0. The molecule has 5 heteroatoms. The Balaban J connectivity index is 1.57. The van der Waals surface area contributed by atoms with Gasteiger partial charge in [-0.15, -0.1) is 0 Å². The highest BCUT2D eigenvalue weighted by Gasteiger charge is 2.12. The summed E-state index contributed by atoms with van der Waals surface area (Å²) in [5, 5.41) is 6.89. The Labute approximate surface area is 113 Å². The molecule has 100 valence electrons. The van der Waals surface area contributed by atoms with E-state index < -0.39 is 0 Å². The van der Waals surface area contributed by atoms with Gasteiger partial charge in [0.1, 0.15) is 12.1 Å². The number of hydrogen-bond acceptors (Lipinski definition) is 4. The Kier molecular flexibility index (Phi) is 3.74. The fourth-order valence-corrected chi connectivity index (χ4v) is 2.40. The molecule has 0 bridgehead atoms. The molecule has 0 aromatic carbocycles. The molecule has 3 heterocycles. The summed E-state index contributed by atoms with van der Waals surface area (Å²) in [6.45, 7) is 3.30. The third-order valence-corrected chi connectivity index (χ3v) is 3.51. The first kappa shape index (κ1) is 12.2. The molecule has 0 aliphatic carbocycles. The first-order chi connectivity index (χ1) is 9.42. The average molecular weight is 257 g/mol. The molecule has 0 amide bonds. The van der Waals surface area contributed by atoms with Crippen molar-refractivity contribution in [2.45, 2.75) is 12.8 Å². The third-order valence-electron chi connectivity index (χ3n) is 3.51. The van der Waals surface area contributed by atoms with Gasteiger partial charge in [0, 0.05) is 18.9 Å². The Bertz CT molecular complexity index is 485. The van der Waals surface area contributed by atoms with Gasteiger partial charge in [0.05, 0.1) is 11.9 Å². The number of pyridine rings is 1. The summed E-state index contributed by atoms with van der Waals surface area (Å²) in [7, 11) is 0. The minimum atomic E-state index is 0.724. The number of nitrogens with zero attached hydrogens (tertiary/aromatic N) is 3. The predicted octanol–water partition coefficient (Wildman–Crippen LogP) is 1.68. The van der Waals surface area contributed by atoms with Gasteiger partial charge in [-0.2, -0.15) is 0 Å². The first-order valence-corrected chi connectivity index (χ1v) is 6.81. The quantitative estimate of drug-likeness (QED) is 0.875. The lowest BCUT2D eigenvalue weighted by atomic mass is 10.00. The number of rotatable bonds is 4. The number of aromatic nitrogens is 3. The molecule has 0 saturated carbocycles. The van der Waals surface area contributed by atoms with Crippen LogP contribution in [-0.2, 0) is 0 Å². The number of piperidine rings is 1. The highest BCUT2D eigenvalue weighted by atomic mass is 15.1. The number of hydrogen-bond donors (Lipinski definition) is 2. The van der Waals surface area contributed by atoms with Crippen LogP contribution in [0.2, 0.25) is 0 Å². The second kappa shape index (κ2) is 5.84. The standard InChI is InChI=1S/C14H19N5/c1-2-12(8-15-5-1)9-17-13-3-4-14(18-10-13)19-7-6-16-11-19/h3-4,6-7,10-12,15,17H,1-2,5,8-9H2. The van der Waals surface area contributed by atoms with E-state index in [0.717, 1.165) is 37.1 Å². The molecule has 1 aliphatic rings. The van der Waals surface area contributed by atoms with Crippen molar-refractivity contribution in [3.8, 4) is 5.82 Å². The molecule has 2 aromatic heterocycles. The Morgan fingerprint density at radius 2 is 2.42 bits per heavy atom. The van der Waals surface area contributed by atoms with Gasteiger partial charge >= 0.3 is 0 Å². The predicted molar refractivity (Wildman–Crippen MR) is 75.4 cm³/mol. The van der Waals surface area contributed by atoms with Gasteiger partial charge in [0.25, 0.3) is 0 Å². The van der Waals surface area contributed by atoms with E-state index in [1.807, 2.05) is 23.0 Å². The maximum absolute atomic E-state index is 4.43. The van der Waals surface area contributed by atoms with Gasteiger partial charge < -0.3 is 10.6 Å². The minimum Gasteiger partial charge on any atom is -0.383 e. The van der Waals surface area contributed by atoms with Gasteiger partial charge in [-0.25, -0.2) is 9.97 Å². The zero-order valence-corrected chi connectivity index (χ0v) is 10.9. The van der Waals surface area contributed by atoms with E-state index in [0.29, 0.717) is 0 Å². The molecular weight excluding hydrogens is 238 g/mol.